The average Bonchev–Trinajstić information content (AvgIpc) is 2.92. The number of benzene rings is 2. The number of halogens is 2. The Bertz CT molecular complexity index is 778. The lowest BCUT2D eigenvalue weighted by atomic mass is 10.2. The standard InChI is InChI=1S/C16H10Cl2O2S/c17-11-5-6-12(18)16(8-11)21-9-13(19)15-7-10-3-1-2-4-14(10)20-15/h1-8H,9H2. The number of Topliss-reactive ketones (excluding diaryl/α,β-unsaturated/α-hetero) is 1. The van der Waals surface area contributed by atoms with E-state index >= 15 is 0 Å². The van der Waals surface area contributed by atoms with E-state index in [0.29, 0.717) is 21.4 Å². The van der Waals surface area contributed by atoms with Crippen molar-refractivity contribution in [2.24, 2.45) is 0 Å². The zero-order chi connectivity index (χ0) is 14.8. The number of thioether (sulfide) groups is 1. The van der Waals surface area contributed by atoms with E-state index in [1.807, 2.05) is 24.3 Å². The highest BCUT2D eigenvalue weighted by molar-refractivity contribution is 8.00. The molecule has 0 spiro atoms. The number of hydrogen-bond acceptors (Lipinski definition) is 3. The minimum absolute atomic E-state index is 0.0766. The van der Waals surface area contributed by atoms with Gasteiger partial charge in [-0.25, -0.2) is 0 Å². The first kappa shape index (κ1) is 14.5. The molecule has 0 N–H and O–H groups in total. The molecule has 0 aliphatic rings. The number of para-hydroxylation sites is 1. The maximum absolute atomic E-state index is 12.2. The molecule has 0 unspecified atom stereocenters. The van der Waals surface area contributed by atoms with E-state index in [4.69, 9.17) is 27.6 Å². The van der Waals surface area contributed by atoms with Crippen LogP contribution in [0.4, 0.5) is 0 Å². The van der Waals surface area contributed by atoms with Gasteiger partial charge in [-0.2, -0.15) is 0 Å². The van der Waals surface area contributed by atoms with Gasteiger partial charge in [0.05, 0.1) is 10.8 Å². The van der Waals surface area contributed by atoms with Crippen LogP contribution in [0.5, 0.6) is 0 Å². The molecule has 0 radical (unpaired) electrons. The second kappa shape index (κ2) is 6.14. The molecular formula is C16H10Cl2O2S. The van der Waals surface area contributed by atoms with Gasteiger partial charge in [-0.1, -0.05) is 41.4 Å². The molecule has 0 atom stereocenters. The van der Waals surface area contributed by atoms with Crippen molar-refractivity contribution in [3.63, 3.8) is 0 Å². The van der Waals surface area contributed by atoms with Gasteiger partial charge in [0.2, 0.25) is 5.78 Å². The zero-order valence-electron chi connectivity index (χ0n) is 10.8. The van der Waals surface area contributed by atoms with E-state index < -0.39 is 0 Å². The highest BCUT2D eigenvalue weighted by Gasteiger charge is 2.13. The molecule has 21 heavy (non-hydrogen) atoms. The van der Waals surface area contributed by atoms with E-state index in [9.17, 15) is 4.79 Å². The quantitative estimate of drug-likeness (QED) is 0.451. The van der Waals surface area contributed by atoms with Crippen molar-refractivity contribution in [1.82, 2.24) is 0 Å². The Morgan fingerprint density at radius 2 is 1.90 bits per heavy atom. The third-order valence-corrected chi connectivity index (χ3v) is 4.68. The fourth-order valence-electron chi connectivity index (χ4n) is 1.92. The Balaban J connectivity index is 1.75. The lowest BCUT2D eigenvalue weighted by Gasteiger charge is -2.03. The summed E-state index contributed by atoms with van der Waals surface area (Å²) >= 11 is 13.4. The molecule has 0 saturated heterocycles. The van der Waals surface area contributed by atoms with Gasteiger partial charge in [0, 0.05) is 15.3 Å². The van der Waals surface area contributed by atoms with Gasteiger partial charge in [0.25, 0.3) is 0 Å². The molecule has 0 aliphatic carbocycles. The molecule has 2 nitrogen and oxygen atoms in total. The highest BCUT2D eigenvalue weighted by Crippen LogP contribution is 2.30. The van der Waals surface area contributed by atoms with Gasteiger partial charge in [-0.15, -0.1) is 11.8 Å². The van der Waals surface area contributed by atoms with Crippen LogP contribution >= 0.6 is 35.0 Å². The van der Waals surface area contributed by atoms with Crippen molar-refractivity contribution in [1.29, 1.82) is 0 Å². The Hall–Kier alpha value is -1.42. The lowest BCUT2D eigenvalue weighted by Crippen LogP contribution is -2.00. The van der Waals surface area contributed by atoms with E-state index in [0.717, 1.165) is 10.3 Å². The Morgan fingerprint density at radius 3 is 2.71 bits per heavy atom. The summed E-state index contributed by atoms with van der Waals surface area (Å²) in [6.45, 7) is 0. The maximum Gasteiger partial charge on any atom is 0.208 e. The molecule has 1 heterocycles. The summed E-state index contributed by atoms with van der Waals surface area (Å²) in [5.74, 6) is 0.536. The minimum atomic E-state index is -0.0766. The number of ketones is 1. The molecule has 3 aromatic rings. The predicted octanol–water partition coefficient (Wildman–Crippen LogP) is 5.71. The van der Waals surface area contributed by atoms with Gasteiger partial charge < -0.3 is 4.42 Å². The van der Waals surface area contributed by atoms with E-state index in [1.165, 1.54) is 11.8 Å². The molecule has 5 heteroatoms. The first-order valence-corrected chi connectivity index (χ1v) is 7.97. The van der Waals surface area contributed by atoms with Crippen LogP contribution in [0, 0.1) is 0 Å². The zero-order valence-corrected chi connectivity index (χ0v) is 13.1. The summed E-state index contributed by atoms with van der Waals surface area (Å²) in [5, 5.41) is 2.10. The van der Waals surface area contributed by atoms with Crippen molar-refractivity contribution in [2.45, 2.75) is 4.90 Å². The second-order valence-electron chi connectivity index (χ2n) is 4.44. The van der Waals surface area contributed by atoms with Gasteiger partial charge >= 0.3 is 0 Å². The summed E-state index contributed by atoms with van der Waals surface area (Å²) in [7, 11) is 0. The van der Waals surface area contributed by atoms with E-state index in [2.05, 4.69) is 0 Å². The molecule has 0 amide bonds. The number of furan rings is 1. The minimum Gasteiger partial charge on any atom is -0.453 e. The normalized spacial score (nSPS) is 11.0. The van der Waals surface area contributed by atoms with Crippen LogP contribution in [0.15, 0.2) is 57.8 Å². The number of fused-ring (bicyclic) bond motifs is 1. The van der Waals surface area contributed by atoms with Crippen molar-refractivity contribution in [3.8, 4) is 0 Å². The van der Waals surface area contributed by atoms with Crippen LogP contribution in [0.3, 0.4) is 0 Å². The van der Waals surface area contributed by atoms with Crippen LogP contribution < -0.4 is 0 Å². The molecule has 3 rings (SSSR count). The summed E-state index contributed by atoms with van der Waals surface area (Å²) < 4.78 is 5.55. The van der Waals surface area contributed by atoms with Crippen LogP contribution in [-0.2, 0) is 0 Å². The molecule has 0 fully saturated rings. The van der Waals surface area contributed by atoms with Crippen molar-refractivity contribution < 1.29 is 9.21 Å². The first-order valence-electron chi connectivity index (χ1n) is 6.23. The topological polar surface area (TPSA) is 30.2 Å². The highest BCUT2D eigenvalue weighted by atomic mass is 35.5. The smallest absolute Gasteiger partial charge is 0.208 e. The number of hydrogen-bond donors (Lipinski definition) is 0. The molecular weight excluding hydrogens is 327 g/mol. The average molecular weight is 337 g/mol. The van der Waals surface area contributed by atoms with Crippen LogP contribution in [-0.4, -0.2) is 11.5 Å². The van der Waals surface area contributed by atoms with Crippen LogP contribution in [0.2, 0.25) is 10.0 Å². The summed E-state index contributed by atoms with van der Waals surface area (Å²) in [5.41, 5.74) is 0.714. The van der Waals surface area contributed by atoms with E-state index in [1.54, 1.807) is 24.3 Å². The fraction of sp³-hybridized carbons (Fsp3) is 0.0625. The third kappa shape index (κ3) is 3.26. The second-order valence-corrected chi connectivity index (χ2v) is 6.30. The number of carbonyl (C=O) groups is 1. The van der Waals surface area contributed by atoms with Gasteiger partial charge in [0.1, 0.15) is 5.58 Å². The van der Waals surface area contributed by atoms with Gasteiger partial charge in [0.15, 0.2) is 5.76 Å². The third-order valence-electron chi connectivity index (χ3n) is 2.95. The van der Waals surface area contributed by atoms with Crippen LogP contribution in [0.1, 0.15) is 10.6 Å². The number of carbonyl (C=O) groups excluding carboxylic acids is 1. The monoisotopic (exact) mass is 336 g/mol. The molecule has 1 aromatic heterocycles. The van der Waals surface area contributed by atoms with E-state index in [-0.39, 0.29) is 11.5 Å². The fourth-order valence-corrected chi connectivity index (χ4v) is 3.28. The largest absolute Gasteiger partial charge is 0.453 e. The summed E-state index contributed by atoms with van der Waals surface area (Å²) in [6.07, 6.45) is 0. The van der Waals surface area contributed by atoms with Crippen molar-refractivity contribution in [2.75, 3.05) is 5.75 Å². The van der Waals surface area contributed by atoms with Gasteiger partial charge in [-0.3, -0.25) is 4.79 Å². The van der Waals surface area contributed by atoms with Gasteiger partial charge in [-0.05, 0) is 30.3 Å². The molecule has 0 bridgehead atoms. The molecule has 0 aliphatic heterocycles. The molecule has 0 saturated carbocycles. The van der Waals surface area contributed by atoms with Crippen molar-refractivity contribution >= 4 is 51.7 Å². The molecule has 2 aromatic carbocycles. The van der Waals surface area contributed by atoms with Crippen LogP contribution in [0.25, 0.3) is 11.0 Å². The number of rotatable bonds is 4. The summed E-state index contributed by atoms with van der Waals surface area (Å²) in [6, 6.07) is 14.5. The first-order chi connectivity index (χ1) is 10.1. The maximum atomic E-state index is 12.2. The Morgan fingerprint density at radius 1 is 1.10 bits per heavy atom. The van der Waals surface area contributed by atoms with Crippen molar-refractivity contribution in [3.05, 3.63) is 64.3 Å². The molecule has 106 valence electrons. The lowest BCUT2D eigenvalue weighted by molar-refractivity contribution is 0.0994. The predicted molar refractivity (Wildman–Crippen MR) is 87.7 cm³/mol. The Labute approximate surface area is 136 Å². The summed E-state index contributed by atoms with van der Waals surface area (Å²) in [4.78, 5) is 13.0. The SMILES string of the molecule is O=C(CSc1cc(Cl)ccc1Cl)c1cc2ccccc2o1. The Kier molecular flexibility index (Phi) is 4.24.